The highest BCUT2D eigenvalue weighted by Crippen LogP contribution is 2.26. The molecular weight excluding hydrogens is 264 g/mol. The first kappa shape index (κ1) is 13.4. The van der Waals surface area contributed by atoms with Crippen LogP contribution in [-0.4, -0.2) is 24.9 Å². The van der Waals surface area contributed by atoms with Gasteiger partial charge in [-0.05, 0) is 24.7 Å². The SMILES string of the molecule is CNC(CSc1nccs1)c1ccc(OC)cc1. The van der Waals surface area contributed by atoms with E-state index in [0.717, 1.165) is 15.8 Å². The number of nitrogens with zero attached hydrogens (tertiary/aromatic N) is 1. The average molecular weight is 280 g/mol. The minimum absolute atomic E-state index is 0.324. The lowest BCUT2D eigenvalue weighted by Gasteiger charge is -2.15. The Morgan fingerprint density at radius 3 is 2.72 bits per heavy atom. The van der Waals surface area contributed by atoms with Crippen LogP contribution in [0, 0.1) is 0 Å². The predicted molar refractivity (Wildman–Crippen MR) is 77.6 cm³/mol. The van der Waals surface area contributed by atoms with E-state index in [-0.39, 0.29) is 0 Å². The van der Waals surface area contributed by atoms with Crippen molar-refractivity contribution in [2.24, 2.45) is 0 Å². The number of benzene rings is 1. The zero-order chi connectivity index (χ0) is 12.8. The van der Waals surface area contributed by atoms with Gasteiger partial charge >= 0.3 is 0 Å². The van der Waals surface area contributed by atoms with E-state index in [0.29, 0.717) is 6.04 Å². The third-order valence-corrected chi connectivity index (χ3v) is 4.71. The lowest BCUT2D eigenvalue weighted by Crippen LogP contribution is -2.18. The Balaban J connectivity index is 1.98. The molecule has 1 N–H and O–H groups in total. The van der Waals surface area contributed by atoms with E-state index in [1.54, 1.807) is 30.2 Å². The summed E-state index contributed by atoms with van der Waals surface area (Å²) in [5.74, 6) is 1.86. The van der Waals surface area contributed by atoms with Gasteiger partial charge in [0, 0.05) is 23.4 Å². The summed E-state index contributed by atoms with van der Waals surface area (Å²) in [6.07, 6.45) is 1.84. The minimum atomic E-state index is 0.324. The summed E-state index contributed by atoms with van der Waals surface area (Å²) < 4.78 is 6.28. The van der Waals surface area contributed by atoms with Crippen molar-refractivity contribution in [1.29, 1.82) is 0 Å². The van der Waals surface area contributed by atoms with Gasteiger partial charge in [0.25, 0.3) is 0 Å². The third-order valence-electron chi connectivity index (χ3n) is 2.65. The van der Waals surface area contributed by atoms with Crippen molar-refractivity contribution in [3.63, 3.8) is 0 Å². The van der Waals surface area contributed by atoms with E-state index >= 15 is 0 Å². The second-order valence-corrected chi connectivity index (χ2v) is 5.89. The number of thiazole rings is 1. The number of thioether (sulfide) groups is 1. The second kappa shape index (κ2) is 6.78. The molecule has 1 aromatic carbocycles. The molecule has 2 aromatic rings. The number of nitrogens with one attached hydrogen (secondary N) is 1. The number of rotatable bonds is 6. The second-order valence-electron chi connectivity index (χ2n) is 3.72. The maximum atomic E-state index is 5.17. The number of ether oxygens (including phenoxy) is 1. The van der Waals surface area contributed by atoms with Gasteiger partial charge in [-0.3, -0.25) is 0 Å². The lowest BCUT2D eigenvalue weighted by molar-refractivity contribution is 0.414. The molecule has 0 saturated carbocycles. The highest BCUT2D eigenvalue weighted by molar-refractivity contribution is 8.01. The van der Waals surface area contributed by atoms with Gasteiger partial charge in [0.2, 0.25) is 0 Å². The molecule has 2 rings (SSSR count). The number of methoxy groups -OCH3 is 1. The summed E-state index contributed by atoms with van der Waals surface area (Å²) in [7, 11) is 3.67. The van der Waals surface area contributed by atoms with E-state index in [1.807, 2.05) is 30.8 Å². The monoisotopic (exact) mass is 280 g/mol. The van der Waals surface area contributed by atoms with E-state index < -0.39 is 0 Å². The van der Waals surface area contributed by atoms with Gasteiger partial charge in [0.15, 0.2) is 0 Å². The van der Waals surface area contributed by atoms with E-state index in [9.17, 15) is 0 Å². The first-order valence-electron chi connectivity index (χ1n) is 5.67. The molecule has 0 aliphatic rings. The molecular formula is C13H16N2OS2. The molecule has 1 aromatic heterocycles. The van der Waals surface area contributed by atoms with Crippen molar-refractivity contribution in [3.8, 4) is 5.75 Å². The molecule has 0 bridgehead atoms. The molecule has 1 unspecified atom stereocenters. The molecule has 1 heterocycles. The Hall–Kier alpha value is -1.04. The van der Waals surface area contributed by atoms with E-state index in [1.165, 1.54) is 5.56 Å². The van der Waals surface area contributed by atoms with Gasteiger partial charge in [-0.2, -0.15) is 0 Å². The topological polar surface area (TPSA) is 34.2 Å². The molecule has 0 spiro atoms. The molecule has 18 heavy (non-hydrogen) atoms. The molecule has 0 aliphatic heterocycles. The fourth-order valence-electron chi connectivity index (χ4n) is 1.62. The molecule has 0 radical (unpaired) electrons. The van der Waals surface area contributed by atoms with Crippen molar-refractivity contribution >= 4 is 23.1 Å². The van der Waals surface area contributed by atoms with Crippen LogP contribution in [0.4, 0.5) is 0 Å². The third kappa shape index (κ3) is 3.48. The van der Waals surface area contributed by atoms with Gasteiger partial charge in [-0.25, -0.2) is 4.98 Å². The molecule has 0 fully saturated rings. The van der Waals surface area contributed by atoms with Gasteiger partial charge in [0.05, 0.1) is 7.11 Å². The Labute approximate surface area is 116 Å². The quantitative estimate of drug-likeness (QED) is 0.824. The Morgan fingerprint density at radius 1 is 1.39 bits per heavy atom. The normalized spacial score (nSPS) is 12.3. The van der Waals surface area contributed by atoms with Crippen LogP contribution in [0.25, 0.3) is 0 Å². The zero-order valence-electron chi connectivity index (χ0n) is 10.4. The van der Waals surface area contributed by atoms with Crippen LogP contribution in [0.5, 0.6) is 5.75 Å². The van der Waals surface area contributed by atoms with E-state index in [2.05, 4.69) is 22.4 Å². The first-order chi connectivity index (χ1) is 8.83. The van der Waals surface area contributed by atoms with Gasteiger partial charge in [-0.1, -0.05) is 23.9 Å². The van der Waals surface area contributed by atoms with Crippen molar-refractivity contribution in [1.82, 2.24) is 10.3 Å². The Bertz CT molecular complexity index is 456. The van der Waals surface area contributed by atoms with Crippen molar-refractivity contribution < 1.29 is 4.74 Å². The smallest absolute Gasteiger partial charge is 0.149 e. The minimum Gasteiger partial charge on any atom is -0.497 e. The van der Waals surface area contributed by atoms with Crippen LogP contribution in [0.2, 0.25) is 0 Å². The van der Waals surface area contributed by atoms with Crippen LogP contribution in [0.15, 0.2) is 40.2 Å². The van der Waals surface area contributed by atoms with Crippen LogP contribution < -0.4 is 10.1 Å². The summed E-state index contributed by atoms with van der Waals surface area (Å²) in [5.41, 5.74) is 1.27. The predicted octanol–water partition coefficient (Wildman–Crippen LogP) is 3.20. The summed E-state index contributed by atoms with van der Waals surface area (Å²) in [6.45, 7) is 0. The van der Waals surface area contributed by atoms with Crippen LogP contribution >= 0.6 is 23.1 Å². The molecule has 0 aliphatic carbocycles. The molecule has 5 heteroatoms. The van der Waals surface area contributed by atoms with Crippen LogP contribution in [0.1, 0.15) is 11.6 Å². The number of aromatic nitrogens is 1. The van der Waals surface area contributed by atoms with E-state index in [4.69, 9.17) is 4.74 Å². The summed E-state index contributed by atoms with van der Waals surface area (Å²) >= 11 is 3.46. The average Bonchev–Trinajstić information content (AvgIpc) is 2.93. The highest BCUT2D eigenvalue weighted by atomic mass is 32.2. The largest absolute Gasteiger partial charge is 0.497 e. The fraction of sp³-hybridized carbons (Fsp3) is 0.308. The molecule has 96 valence electrons. The first-order valence-corrected chi connectivity index (χ1v) is 7.53. The molecule has 1 atom stereocenters. The van der Waals surface area contributed by atoms with Crippen molar-refractivity contribution in [2.75, 3.05) is 19.9 Å². The summed E-state index contributed by atoms with van der Waals surface area (Å²) in [6, 6.07) is 8.51. The van der Waals surface area contributed by atoms with Gasteiger partial charge in [-0.15, -0.1) is 11.3 Å². The Kier molecular flexibility index (Phi) is 5.04. The standard InChI is InChI=1S/C13H16N2OS2/c1-14-12(9-18-13-15-7-8-17-13)10-3-5-11(16-2)6-4-10/h3-8,12,14H,9H2,1-2H3. The number of hydrogen-bond acceptors (Lipinski definition) is 5. The highest BCUT2D eigenvalue weighted by Gasteiger charge is 2.10. The molecule has 3 nitrogen and oxygen atoms in total. The van der Waals surface area contributed by atoms with Gasteiger partial charge < -0.3 is 10.1 Å². The molecule has 0 amide bonds. The van der Waals surface area contributed by atoms with Crippen molar-refractivity contribution in [2.45, 2.75) is 10.4 Å². The summed E-state index contributed by atoms with van der Waals surface area (Å²) in [4.78, 5) is 4.28. The summed E-state index contributed by atoms with van der Waals surface area (Å²) in [5, 5.41) is 5.34. The van der Waals surface area contributed by atoms with Crippen LogP contribution in [-0.2, 0) is 0 Å². The Morgan fingerprint density at radius 2 is 2.17 bits per heavy atom. The lowest BCUT2D eigenvalue weighted by atomic mass is 10.1. The number of hydrogen-bond donors (Lipinski definition) is 1. The van der Waals surface area contributed by atoms with Crippen molar-refractivity contribution in [3.05, 3.63) is 41.4 Å². The van der Waals surface area contributed by atoms with Gasteiger partial charge in [0.1, 0.15) is 10.1 Å². The zero-order valence-corrected chi connectivity index (χ0v) is 12.1. The fourth-order valence-corrected chi connectivity index (χ4v) is 3.43. The maximum absolute atomic E-state index is 5.17. The van der Waals surface area contributed by atoms with Crippen LogP contribution in [0.3, 0.4) is 0 Å². The molecule has 0 saturated heterocycles. The maximum Gasteiger partial charge on any atom is 0.149 e.